The Morgan fingerprint density at radius 2 is 2.22 bits per heavy atom. The van der Waals surface area contributed by atoms with Crippen molar-refractivity contribution in [3.8, 4) is 5.75 Å². The van der Waals surface area contributed by atoms with Gasteiger partial charge < -0.3 is 14.8 Å². The number of nitrogens with zero attached hydrogens (tertiary/aromatic N) is 1. The van der Waals surface area contributed by atoms with Crippen LogP contribution in [-0.4, -0.2) is 18.1 Å². The number of rotatable bonds is 3. The second-order valence-electron chi connectivity index (χ2n) is 5.93. The molecule has 4 nitrogen and oxygen atoms in total. The molecule has 3 heterocycles. The Bertz CT molecular complexity index is 733. The molecule has 0 aliphatic carbocycles. The molecule has 0 saturated carbocycles. The molecule has 5 heteroatoms. The number of hydrogen-bond acceptors (Lipinski definition) is 4. The SMILES string of the molecule is Brc1cnc2c(c1OCc1cccc3c1CCOC3)CNCC2. The van der Waals surface area contributed by atoms with Crippen molar-refractivity contribution in [3.05, 3.63) is 56.8 Å². The van der Waals surface area contributed by atoms with Crippen LogP contribution in [0, 0.1) is 0 Å². The van der Waals surface area contributed by atoms with Gasteiger partial charge in [-0.1, -0.05) is 18.2 Å². The molecule has 1 N–H and O–H groups in total. The lowest BCUT2D eigenvalue weighted by molar-refractivity contribution is 0.110. The summed E-state index contributed by atoms with van der Waals surface area (Å²) in [4.78, 5) is 4.52. The predicted molar refractivity (Wildman–Crippen MR) is 91.5 cm³/mol. The molecule has 120 valence electrons. The molecule has 1 aromatic heterocycles. The first-order chi connectivity index (χ1) is 11.3. The topological polar surface area (TPSA) is 43.4 Å². The number of benzene rings is 1. The molecule has 2 aliphatic heterocycles. The second kappa shape index (κ2) is 6.59. The minimum absolute atomic E-state index is 0.582. The number of pyridine rings is 1. The van der Waals surface area contributed by atoms with Gasteiger partial charge in [-0.05, 0) is 39.0 Å². The summed E-state index contributed by atoms with van der Waals surface area (Å²) in [5.74, 6) is 0.923. The molecule has 0 amide bonds. The molecule has 2 aliphatic rings. The minimum atomic E-state index is 0.582. The fraction of sp³-hybridized carbons (Fsp3) is 0.389. The van der Waals surface area contributed by atoms with Crippen LogP contribution in [0.4, 0.5) is 0 Å². The van der Waals surface area contributed by atoms with Crippen molar-refractivity contribution in [2.75, 3.05) is 13.2 Å². The first-order valence-electron chi connectivity index (χ1n) is 8.00. The highest BCUT2D eigenvalue weighted by atomic mass is 79.9. The zero-order valence-corrected chi connectivity index (χ0v) is 14.5. The van der Waals surface area contributed by atoms with Crippen LogP contribution in [0.15, 0.2) is 28.9 Å². The largest absolute Gasteiger partial charge is 0.487 e. The highest BCUT2D eigenvalue weighted by Gasteiger charge is 2.19. The third kappa shape index (κ3) is 3.01. The summed E-state index contributed by atoms with van der Waals surface area (Å²) >= 11 is 3.59. The highest BCUT2D eigenvalue weighted by molar-refractivity contribution is 9.10. The Labute approximate surface area is 144 Å². The molecule has 0 fully saturated rings. The molecule has 0 unspecified atom stereocenters. The molecule has 0 saturated heterocycles. The quantitative estimate of drug-likeness (QED) is 0.895. The molecule has 1 aromatic carbocycles. The van der Waals surface area contributed by atoms with E-state index in [1.807, 2.05) is 6.20 Å². The van der Waals surface area contributed by atoms with E-state index in [4.69, 9.17) is 9.47 Å². The van der Waals surface area contributed by atoms with E-state index in [1.54, 1.807) is 0 Å². The summed E-state index contributed by atoms with van der Waals surface area (Å²) < 4.78 is 12.7. The zero-order valence-electron chi connectivity index (χ0n) is 12.9. The lowest BCUT2D eigenvalue weighted by Gasteiger charge is -2.23. The Morgan fingerprint density at radius 3 is 3.17 bits per heavy atom. The fourth-order valence-corrected chi connectivity index (χ4v) is 3.76. The van der Waals surface area contributed by atoms with Crippen molar-refractivity contribution >= 4 is 15.9 Å². The molecule has 2 aromatic rings. The summed E-state index contributed by atoms with van der Waals surface area (Å²) in [5.41, 5.74) is 6.25. The maximum Gasteiger partial charge on any atom is 0.141 e. The van der Waals surface area contributed by atoms with Gasteiger partial charge in [0.05, 0.1) is 17.7 Å². The molecular weight excluding hydrogens is 356 g/mol. The second-order valence-corrected chi connectivity index (χ2v) is 6.79. The summed E-state index contributed by atoms with van der Waals surface area (Å²) in [6.45, 7) is 3.88. The van der Waals surface area contributed by atoms with E-state index < -0.39 is 0 Å². The van der Waals surface area contributed by atoms with E-state index >= 15 is 0 Å². The average molecular weight is 375 g/mol. The molecule has 4 rings (SSSR count). The predicted octanol–water partition coefficient (Wildman–Crippen LogP) is 3.14. The summed E-state index contributed by atoms with van der Waals surface area (Å²) in [5, 5.41) is 3.40. The van der Waals surface area contributed by atoms with Crippen LogP contribution < -0.4 is 10.1 Å². The van der Waals surface area contributed by atoms with Gasteiger partial charge in [0.25, 0.3) is 0 Å². The van der Waals surface area contributed by atoms with Gasteiger partial charge in [0.15, 0.2) is 0 Å². The molecule has 0 spiro atoms. The number of fused-ring (bicyclic) bond motifs is 2. The van der Waals surface area contributed by atoms with Crippen molar-refractivity contribution < 1.29 is 9.47 Å². The van der Waals surface area contributed by atoms with Crippen LogP contribution in [-0.2, 0) is 37.3 Å². The van der Waals surface area contributed by atoms with Crippen LogP contribution in [0.3, 0.4) is 0 Å². The molecule has 0 atom stereocenters. The number of ether oxygens (including phenoxy) is 2. The molecule has 0 radical (unpaired) electrons. The molecule has 23 heavy (non-hydrogen) atoms. The average Bonchev–Trinajstić information content (AvgIpc) is 2.61. The van der Waals surface area contributed by atoms with Crippen molar-refractivity contribution in [2.45, 2.75) is 32.6 Å². The van der Waals surface area contributed by atoms with E-state index in [9.17, 15) is 0 Å². The maximum absolute atomic E-state index is 6.22. The minimum Gasteiger partial charge on any atom is -0.487 e. The number of nitrogens with one attached hydrogen (secondary N) is 1. The Kier molecular flexibility index (Phi) is 4.33. The monoisotopic (exact) mass is 374 g/mol. The van der Waals surface area contributed by atoms with Crippen LogP contribution in [0.5, 0.6) is 5.75 Å². The number of aromatic nitrogens is 1. The Balaban J connectivity index is 1.61. The lowest BCUT2D eigenvalue weighted by Crippen LogP contribution is -2.25. The van der Waals surface area contributed by atoms with Crippen molar-refractivity contribution in [2.24, 2.45) is 0 Å². The third-order valence-electron chi connectivity index (χ3n) is 4.51. The molecule has 0 bridgehead atoms. The van der Waals surface area contributed by atoms with E-state index in [1.165, 1.54) is 22.3 Å². The summed E-state index contributed by atoms with van der Waals surface area (Å²) in [7, 11) is 0. The van der Waals surface area contributed by atoms with Crippen LogP contribution in [0.1, 0.15) is 27.9 Å². The first-order valence-corrected chi connectivity index (χ1v) is 8.79. The first kappa shape index (κ1) is 15.1. The van der Waals surface area contributed by atoms with E-state index in [0.29, 0.717) is 13.2 Å². The van der Waals surface area contributed by atoms with Crippen LogP contribution >= 0.6 is 15.9 Å². The van der Waals surface area contributed by atoms with Crippen LogP contribution in [0.2, 0.25) is 0 Å². The summed E-state index contributed by atoms with van der Waals surface area (Å²) in [6, 6.07) is 6.39. The molecular formula is C18H19BrN2O2. The Morgan fingerprint density at radius 1 is 1.26 bits per heavy atom. The van der Waals surface area contributed by atoms with Crippen molar-refractivity contribution in [1.29, 1.82) is 0 Å². The van der Waals surface area contributed by atoms with Gasteiger partial charge in [-0.2, -0.15) is 0 Å². The van der Waals surface area contributed by atoms with E-state index in [2.05, 4.69) is 44.4 Å². The van der Waals surface area contributed by atoms with Gasteiger partial charge in [-0.15, -0.1) is 0 Å². The lowest BCUT2D eigenvalue weighted by atomic mass is 9.97. The van der Waals surface area contributed by atoms with Gasteiger partial charge in [0.1, 0.15) is 12.4 Å². The zero-order chi connectivity index (χ0) is 15.6. The number of hydrogen-bond donors (Lipinski definition) is 1. The Hall–Kier alpha value is -1.43. The highest BCUT2D eigenvalue weighted by Crippen LogP contribution is 2.33. The summed E-state index contributed by atoms with van der Waals surface area (Å²) in [6.07, 6.45) is 3.77. The maximum atomic E-state index is 6.22. The smallest absolute Gasteiger partial charge is 0.141 e. The van der Waals surface area contributed by atoms with Crippen molar-refractivity contribution in [1.82, 2.24) is 10.3 Å². The van der Waals surface area contributed by atoms with Gasteiger partial charge in [-0.3, -0.25) is 4.98 Å². The fourth-order valence-electron chi connectivity index (χ4n) is 3.31. The van der Waals surface area contributed by atoms with Gasteiger partial charge in [-0.25, -0.2) is 0 Å². The van der Waals surface area contributed by atoms with Gasteiger partial charge in [0, 0.05) is 37.0 Å². The van der Waals surface area contributed by atoms with Gasteiger partial charge >= 0.3 is 0 Å². The standard InChI is InChI=1S/C18H19BrN2O2/c19-16-9-21-17-4-6-20-8-15(17)18(16)23-11-13-3-1-2-12-10-22-7-5-14(12)13/h1-3,9,20H,4-8,10-11H2. The normalized spacial score (nSPS) is 16.6. The number of halogens is 1. The van der Waals surface area contributed by atoms with Gasteiger partial charge in [0.2, 0.25) is 0 Å². The van der Waals surface area contributed by atoms with E-state index in [-0.39, 0.29) is 0 Å². The van der Waals surface area contributed by atoms with Crippen molar-refractivity contribution in [3.63, 3.8) is 0 Å². The van der Waals surface area contributed by atoms with Crippen LogP contribution in [0.25, 0.3) is 0 Å². The van der Waals surface area contributed by atoms with E-state index in [0.717, 1.165) is 48.5 Å². The third-order valence-corrected chi connectivity index (χ3v) is 5.07.